The lowest BCUT2D eigenvalue weighted by atomic mass is 9.96. The normalized spacial score (nSPS) is 16.1. The van der Waals surface area contributed by atoms with Crippen molar-refractivity contribution in [1.29, 1.82) is 0 Å². The van der Waals surface area contributed by atoms with E-state index in [1.54, 1.807) is 4.57 Å². The molecule has 2 heterocycles. The molecular weight excluding hydrogens is 468 g/mol. The van der Waals surface area contributed by atoms with E-state index >= 15 is 0 Å². The second-order valence-corrected chi connectivity index (χ2v) is 8.25. The average Bonchev–Trinajstić information content (AvgIpc) is 2.76. The van der Waals surface area contributed by atoms with E-state index in [-0.39, 0.29) is 24.0 Å². The predicted octanol–water partition coefficient (Wildman–Crippen LogP) is 4.78. The maximum atomic E-state index is 13.5. The molecule has 1 N–H and O–H groups in total. The third kappa shape index (κ3) is 4.31. The summed E-state index contributed by atoms with van der Waals surface area (Å²) in [5.41, 5.74) is 1.74. The fourth-order valence-electron chi connectivity index (χ4n) is 4.10. The maximum absolute atomic E-state index is 13.5. The summed E-state index contributed by atoms with van der Waals surface area (Å²) in [6, 6.07) is 15.4. The van der Waals surface area contributed by atoms with E-state index in [0.717, 1.165) is 46.8 Å². The first kappa shape index (κ1) is 22.5. The molecule has 0 bridgehead atoms. The van der Waals surface area contributed by atoms with E-state index in [1.165, 1.54) is 7.11 Å². The minimum Gasteiger partial charge on any atom is -0.464 e. The van der Waals surface area contributed by atoms with E-state index in [0.29, 0.717) is 17.6 Å². The molecule has 5 nitrogen and oxygen atoms in total. The molecule has 3 aromatic rings. The van der Waals surface area contributed by atoms with Crippen LogP contribution in [0.1, 0.15) is 29.8 Å². The zero-order chi connectivity index (χ0) is 20.4. The summed E-state index contributed by atoms with van der Waals surface area (Å²) in [6.45, 7) is 1.37. The quantitative estimate of drug-likeness (QED) is 0.534. The number of methoxy groups -OCH3 is 1. The number of halogens is 2. The number of ether oxygens (including phenoxy) is 1. The van der Waals surface area contributed by atoms with E-state index < -0.39 is 5.97 Å². The lowest BCUT2D eigenvalue weighted by Gasteiger charge is -2.26. The van der Waals surface area contributed by atoms with E-state index in [4.69, 9.17) is 4.74 Å². The molecule has 4 rings (SSSR count). The van der Waals surface area contributed by atoms with Crippen LogP contribution in [0.15, 0.2) is 57.8 Å². The number of nitrogens with zero attached hydrogens (tertiary/aromatic N) is 1. The Morgan fingerprint density at radius 1 is 1.17 bits per heavy atom. The molecule has 158 valence electrons. The molecule has 1 unspecified atom stereocenters. The van der Waals surface area contributed by atoms with Crippen LogP contribution in [0, 0.1) is 0 Å². The van der Waals surface area contributed by atoms with Crippen molar-refractivity contribution in [3.05, 3.63) is 69.1 Å². The number of benzene rings is 2. The number of nitrogens with one attached hydrogen (secondary N) is 1. The number of hydrogen-bond donors (Lipinski definition) is 1. The number of carbonyl (C=O) groups excluding carboxylic acids is 1. The molecule has 0 spiro atoms. The van der Waals surface area contributed by atoms with Crippen LogP contribution in [0.4, 0.5) is 0 Å². The third-order valence-corrected chi connectivity index (χ3v) is 5.98. The van der Waals surface area contributed by atoms with E-state index in [2.05, 4.69) is 21.2 Å². The number of fused-ring (bicyclic) bond motifs is 1. The Balaban J connectivity index is 0.00000256. The highest BCUT2D eigenvalue weighted by Gasteiger charge is 2.26. The highest BCUT2D eigenvalue weighted by molar-refractivity contribution is 9.10. The first-order chi connectivity index (χ1) is 14.1. The number of piperidine rings is 1. The lowest BCUT2D eigenvalue weighted by Crippen LogP contribution is -2.41. The Bertz CT molecular complexity index is 1110. The first-order valence-electron chi connectivity index (χ1n) is 9.83. The van der Waals surface area contributed by atoms with Crippen molar-refractivity contribution in [1.82, 2.24) is 9.88 Å². The van der Waals surface area contributed by atoms with Gasteiger partial charge in [0.25, 0.3) is 5.56 Å². The molecule has 1 aliphatic rings. The van der Waals surface area contributed by atoms with Crippen LogP contribution in [0.2, 0.25) is 0 Å². The second kappa shape index (κ2) is 9.77. The summed E-state index contributed by atoms with van der Waals surface area (Å²) in [5, 5.41) is 4.81. The molecule has 2 aromatic carbocycles. The van der Waals surface area contributed by atoms with Gasteiger partial charge in [-0.05, 0) is 48.5 Å². The summed E-state index contributed by atoms with van der Waals surface area (Å²) >= 11 is 3.51. The SMILES string of the molecule is COC(=O)c1c(-c2ccccc2)c2cc(Br)ccc2c(=O)n1CC1CCCCN1.Cl. The van der Waals surface area contributed by atoms with Gasteiger partial charge in [0.1, 0.15) is 5.69 Å². The minimum absolute atomic E-state index is 0. The summed E-state index contributed by atoms with van der Waals surface area (Å²) < 4.78 is 7.59. The van der Waals surface area contributed by atoms with Crippen LogP contribution in [-0.2, 0) is 11.3 Å². The van der Waals surface area contributed by atoms with Gasteiger partial charge in [-0.2, -0.15) is 0 Å². The molecule has 0 aliphatic carbocycles. The molecule has 1 saturated heterocycles. The number of esters is 1. The monoisotopic (exact) mass is 490 g/mol. The molecular formula is C23H24BrClN2O3. The van der Waals surface area contributed by atoms with Crippen LogP contribution < -0.4 is 10.9 Å². The van der Waals surface area contributed by atoms with Gasteiger partial charge in [-0.25, -0.2) is 4.79 Å². The van der Waals surface area contributed by atoms with Gasteiger partial charge in [-0.15, -0.1) is 12.4 Å². The Kier molecular flexibility index (Phi) is 7.34. The Hall–Kier alpha value is -2.15. The molecule has 0 amide bonds. The number of rotatable bonds is 4. The second-order valence-electron chi connectivity index (χ2n) is 7.33. The van der Waals surface area contributed by atoms with Gasteiger partial charge in [0, 0.05) is 28.0 Å². The van der Waals surface area contributed by atoms with Crippen molar-refractivity contribution in [2.45, 2.75) is 31.8 Å². The van der Waals surface area contributed by atoms with Crippen LogP contribution in [-0.4, -0.2) is 30.2 Å². The van der Waals surface area contributed by atoms with Gasteiger partial charge in [-0.3, -0.25) is 9.36 Å². The largest absolute Gasteiger partial charge is 0.464 e. The van der Waals surface area contributed by atoms with Gasteiger partial charge >= 0.3 is 5.97 Å². The number of pyridine rings is 1. The van der Waals surface area contributed by atoms with Gasteiger partial charge < -0.3 is 10.1 Å². The number of hydrogen-bond acceptors (Lipinski definition) is 4. The zero-order valence-corrected chi connectivity index (χ0v) is 19.1. The Morgan fingerprint density at radius 2 is 1.93 bits per heavy atom. The zero-order valence-electron chi connectivity index (χ0n) is 16.7. The van der Waals surface area contributed by atoms with Crippen molar-refractivity contribution >= 4 is 45.1 Å². The van der Waals surface area contributed by atoms with Crippen molar-refractivity contribution in [2.24, 2.45) is 0 Å². The molecule has 0 radical (unpaired) electrons. The van der Waals surface area contributed by atoms with Gasteiger partial charge in [0.2, 0.25) is 0 Å². The molecule has 1 fully saturated rings. The smallest absolute Gasteiger partial charge is 0.355 e. The molecule has 1 atom stereocenters. The number of aromatic nitrogens is 1. The highest BCUT2D eigenvalue weighted by atomic mass is 79.9. The maximum Gasteiger partial charge on any atom is 0.355 e. The van der Waals surface area contributed by atoms with Crippen molar-refractivity contribution in [3.63, 3.8) is 0 Å². The highest BCUT2D eigenvalue weighted by Crippen LogP contribution is 2.33. The molecule has 30 heavy (non-hydrogen) atoms. The third-order valence-electron chi connectivity index (χ3n) is 5.49. The Labute approximate surface area is 190 Å². The van der Waals surface area contributed by atoms with Crippen molar-refractivity contribution in [3.8, 4) is 11.1 Å². The van der Waals surface area contributed by atoms with Crippen molar-refractivity contribution in [2.75, 3.05) is 13.7 Å². The topological polar surface area (TPSA) is 60.3 Å². The fraction of sp³-hybridized carbons (Fsp3) is 0.304. The molecule has 1 aliphatic heterocycles. The van der Waals surface area contributed by atoms with Crippen LogP contribution in [0.25, 0.3) is 21.9 Å². The summed E-state index contributed by atoms with van der Waals surface area (Å²) in [6.07, 6.45) is 3.23. The minimum atomic E-state index is -0.501. The molecule has 0 saturated carbocycles. The van der Waals surface area contributed by atoms with Gasteiger partial charge in [0.05, 0.1) is 7.11 Å². The molecule has 7 heteroatoms. The van der Waals surface area contributed by atoms with Crippen LogP contribution in [0.5, 0.6) is 0 Å². The van der Waals surface area contributed by atoms with Crippen molar-refractivity contribution < 1.29 is 9.53 Å². The van der Waals surface area contributed by atoms with Gasteiger partial charge in [-0.1, -0.05) is 52.7 Å². The summed E-state index contributed by atoms with van der Waals surface area (Å²) in [7, 11) is 1.36. The summed E-state index contributed by atoms with van der Waals surface area (Å²) in [5.74, 6) is -0.501. The lowest BCUT2D eigenvalue weighted by molar-refractivity contribution is 0.0587. The van der Waals surface area contributed by atoms with Crippen LogP contribution in [0.3, 0.4) is 0 Å². The van der Waals surface area contributed by atoms with E-state index in [1.807, 2.05) is 48.5 Å². The van der Waals surface area contributed by atoms with Crippen LogP contribution >= 0.6 is 28.3 Å². The number of carbonyl (C=O) groups is 1. The average molecular weight is 492 g/mol. The Morgan fingerprint density at radius 3 is 2.60 bits per heavy atom. The summed E-state index contributed by atoms with van der Waals surface area (Å²) in [4.78, 5) is 26.4. The fourth-order valence-corrected chi connectivity index (χ4v) is 4.46. The first-order valence-corrected chi connectivity index (χ1v) is 10.6. The predicted molar refractivity (Wildman–Crippen MR) is 126 cm³/mol. The van der Waals surface area contributed by atoms with E-state index in [9.17, 15) is 9.59 Å². The standard InChI is InChI=1S/C23H23BrN2O3.ClH/c1-29-23(28)21-20(15-7-3-2-4-8-15)19-13-16(24)10-11-18(19)22(27)26(21)14-17-9-5-6-12-25-17;/h2-4,7-8,10-11,13,17,25H,5-6,9,12,14H2,1H3;1H. The van der Waals surface area contributed by atoms with Gasteiger partial charge in [0.15, 0.2) is 0 Å². The molecule has 1 aromatic heterocycles.